The van der Waals surface area contributed by atoms with Crippen LogP contribution in [0.3, 0.4) is 0 Å². The fourth-order valence-electron chi connectivity index (χ4n) is 1.17. The van der Waals surface area contributed by atoms with Gasteiger partial charge in [-0.15, -0.1) is 0 Å². The maximum Gasteiger partial charge on any atom is 0.224 e. The Morgan fingerprint density at radius 2 is 2.38 bits per heavy atom. The van der Waals surface area contributed by atoms with Gasteiger partial charge in [0.25, 0.3) is 0 Å². The first-order valence-electron chi connectivity index (χ1n) is 4.57. The molecule has 1 atom stereocenters. The first kappa shape index (κ1) is 9.77. The molecule has 0 amide bonds. The van der Waals surface area contributed by atoms with Gasteiger partial charge in [-0.25, -0.2) is 4.98 Å². The molecule has 1 aromatic rings. The van der Waals surface area contributed by atoms with E-state index in [1.54, 1.807) is 12.3 Å². The zero-order valence-corrected chi connectivity index (χ0v) is 8.12. The Balaban J connectivity index is 2.53. The van der Waals surface area contributed by atoms with Gasteiger partial charge in [0.15, 0.2) is 0 Å². The molecule has 4 nitrogen and oxygen atoms in total. The lowest BCUT2D eigenvalue weighted by Gasteiger charge is -2.11. The molecule has 0 fully saturated rings. The Morgan fingerprint density at radius 1 is 1.62 bits per heavy atom. The Hall–Kier alpha value is -1.32. The van der Waals surface area contributed by atoms with Gasteiger partial charge in [-0.2, -0.15) is 4.98 Å². The van der Waals surface area contributed by atoms with Gasteiger partial charge in [0, 0.05) is 12.2 Å². The van der Waals surface area contributed by atoms with Crippen LogP contribution in [0.5, 0.6) is 0 Å². The molecule has 0 aliphatic carbocycles. The van der Waals surface area contributed by atoms with Crippen molar-refractivity contribution in [2.45, 2.75) is 32.7 Å². The van der Waals surface area contributed by atoms with Crippen LogP contribution in [0.15, 0.2) is 12.3 Å². The van der Waals surface area contributed by atoms with Gasteiger partial charge in [-0.05, 0) is 19.4 Å². The monoisotopic (exact) mass is 180 g/mol. The molecule has 1 unspecified atom stereocenters. The minimum atomic E-state index is 0.395. The van der Waals surface area contributed by atoms with Gasteiger partial charge in [-0.1, -0.05) is 13.3 Å². The van der Waals surface area contributed by atoms with Gasteiger partial charge in [0.05, 0.1) is 0 Å². The Kier molecular flexibility index (Phi) is 3.49. The largest absolute Gasteiger partial charge is 0.384 e. The van der Waals surface area contributed by atoms with Crippen LogP contribution >= 0.6 is 0 Å². The van der Waals surface area contributed by atoms with Crippen molar-refractivity contribution in [3.05, 3.63) is 12.3 Å². The van der Waals surface area contributed by atoms with Crippen molar-refractivity contribution in [1.29, 1.82) is 0 Å². The molecule has 0 spiro atoms. The number of nitrogen functional groups attached to an aromatic ring is 1. The molecule has 0 saturated heterocycles. The van der Waals surface area contributed by atoms with Crippen molar-refractivity contribution in [2.24, 2.45) is 0 Å². The molecule has 3 N–H and O–H groups in total. The Labute approximate surface area is 78.6 Å². The zero-order valence-electron chi connectivity index (χ0n) is 8.12. The first-order valence-corrected chi connectivity index (χ1v) is 4.57. The van der Waals surface area contributed by atoms with Crippen LogP contribution < -0.4 is 11.1 Å². The molecule has 0 aliphatic rings. The van der Waals surface area contributed by atoms with Crippen molar-refractivity contribution < 1.29 is 0 Å². The molecule has 0 aliphatic heterocycles. The number of aromatic nitrogens is 2. The molecule has 13 heavy (non-hydrogen) atoms. The van der Waals surface area contributed by atoms with Crippen LogP contribution in [0.4, 0.5) is 11.8 Å². The maximum absolute atomic E-state index is 5.52. The minimum Gasteiger partial charge on any atom is -0.384 e. The van der Waals surface area contributed by atoms with Crippen LogP contribution in [0.25, 0.3) is 0 Å². The van der Waals surface area contributed by atoms with E-state index in [-0.39, 0.29) is 0 Å². The number of hydrogen-bond donors (Lipinski definition) is 2. The average Bonchev–Trinajstić information content (AvgIpc) is 2.04. The van der Waals surface area contributed by atoms with E-state index in [2.05, 4.69) is 29.1 Å². The summed E-state index contributed by atoms with van der Waals surface area (Å²) in [6.07, 6.45) is 3.91. The van der Waals surface area contributed by atoms with E-state index in [0.29, 0.717) is 17.8 Å². The van der Waals surface area contributed by atoms with Gasteiger partial charge in [-0.3, -0.25) is 0 Å². The van der Waals surface area contributed by atoms with Crippen LogP contribution in [0, 0.1) is 0 Å². The summed E-state index contributed by atoms with van der Waals surface area (Å²) in [4.78, 5) is 8.11. The number of anilines is 2. The lowest BCUT2D eigenvalue weighted by atomic mass is 10.2. The molecule has 0 radical (unpaired) electrons. The van der Waals surface area contributed by atoms with E-state index < -0.39 is 0 Å². The highest BCUT2D eigenvalue weighted by Crippen LogP contribution is 2.05. The average molecular weight is 180 g/mol. The van der Waals surface area contributed by atoms with E-state index in [1.165, 1.54) is 0 Å². The summed E-state index contributed by atoms with van der Waals surface area (Å²) in [6.45, 7) is 4.26. The van der Waals surface area contributed by atoms with Crippen molar-refractivity contribution in [3.63, 3.8) is 0 Å². The number of nitrogens with zero attached hydrogens (tertiary/aromatic N) is 2. The third kappa shape index (κ3) is 3.27. The zero-order chi connectivity index (χ0) is 9.68. The molecular formula is C9H16N4. The number of nitrogens with two attached hydrogens (primary N) is 1. The topological polar surface area (TPSA) is 63.8 Å². The van der Waals surface area contributed by atoms with Crippen molar-refractivity contribution in [2.75, 3.05) is 11.1 Å². The summed E-state index contributed by atoms with van der Waals surface area (Å²) >= 11 is 0. The molecular weight excluding hydrogens is 164 g/mol. The highest BCUT2D eigenvalue weighted by atomic mass is 15.1. The van der Waals surface area contributed by atoms with E-state index in [1.807, 2.05) is 0 Å². The van der Waals surface area contributed by atoms with Crippen LogP contribution in [0.1, 0.15) is 26.7 Å². The second-order valence-electron chi connectivity index (χ2n) is 3.14. The maximum atomic E-state index is 5.52. The van der Waals surface area contributed by atoms with Crippen molar-refractivity contribution >= 4 is 11.8 Å². The van der Waals surface area contributed by atoms with E-state index >= 15 is 0 Å². The third-order valence-electron chi connectivity index (χ3n) is 1.77. The van der Waals surface area contributed by atoms with Crippen LogP contribution in [-0.4, -0.2) is 16.0 Å². The van der Waals surface area contributed by atoms with Crippen molar-refractivity contribution in [3.8, 4) is 0 Å². The summed E-state index contributed by atoms with van der Waals surface area (Å²) in [5.74, 6) is 1.11. The second-order valence-corrected chi connectivity index (χ2v) is 3.14. The highest BCUT2D eigenvalue weighted by Gasteiger charge is 2.01. The van der Waals surface area contributed by atoms with Crippen LogP contribution in [0.2, 0.25) is 0 Å². The lowest BCUT2D eigenvalue weighted by Crippen LogP contribution is -2.16. The summed E-state index contributed by atoms with van der Waals surface area (Å²) in [5.41, 5.74) is 5.52. The Morgan fingerprint density at radius 3 is 3.00 bits per heavy atom. The summed E-state index contributed by atoms with van der Waals surface area (Å²) in [7, 11) is 0. The molecule has 1 rings (SSSR count). The fourth-order valence-corrected chi connectivity index (χ4v) is 1.17. The standard InChI is InChI=1S/C9H16N4/c1-3-4-7(2)12-9-11-6-5-8(10)13-9/h5-7H,3-4H2,1-2H3,(H3,10,11,12,13). The normalized spacial score (nSPS) is 12.5. The molecule has 0 aromatic carbocycles. The third-order valence-corrected chi connectivity index (χ3v) is 1.77. The van der Waals surface area contributed by atoms with Gasteiger partial charge in [0.1, 0.15) is 5.82 Å². The van der Waals surface area contributed by atoms with Gasteiger partial charge in [0.2, 0.25) is 5.95 Å². The lowest BCUT2D eigenvalue weighted by molar-refractivity contribution is 0.684. The summed E-state index contributed by atoms with van der Waals surface area (Å²) < 4.78 is 0. The van der Waals surface area contributed by atoms with Gasteiger partial charge < -0.3 is 11.1 Å². The number of rotatable bonds is 4. The van der Waals surface area contributed by atoms with E-state index in [9.17, 15) is 0 Å². The molecule has 72 valence electrons. The predicted molar refractivity (Wildman–Crippen MR) is 54.4 cm³/mol. The smallest absolute Gasteiger partial charge is 0.224 e. The fraction of sp³-hybridized carbons (Fsp3) is 0.556. The van der Waals surface area contributed by atoms with E-state index in [4.69, 9.17) is 5.73 Å². The minimum absolute atomic E-state index is 0.395. The SMILES string of the molecule is CCCC(C)Nc1nccc(N)n1. The summed E-state index contributed by atoms with van der Waals surface area (Å²) in [5, 5.41) is 3.18. The molecule has 4 heteroatoms. The molecule has 1 heterocycles. The van der Waals surface area contributed by atoms with E-state index in [0.717, 1.165) is 12.8 Å². The predicted octanol–water partition coefficient (Wildman–Crippen LogP) is 1.66. The van der Waals surface area contributed by atoms with Gasteiger partial charge >= 0.3 is 0 Å². The molecule has 0 saturated carbocycles. The molecule has 1 aromatic heterocycles. The number of nitrogens with one attached hydrogen (secondary N) is 1. The first-order chi connectivity index (χ1) is 6.22. The highest BCUT2D eigenvalue weighted by molar-refractivity contribution is 5.35. The second kappa shape index (κ2) is 4.64. The quantitative estimate of drug-likeness (QED) is 0.739. The van der Waals surface area contributed by atoms with Crippen LogP contribution in [-0.2, 0) is 0 Å². The summed E-state index contributed by atoms with van der Waals surface area (Å²) in [6, 6.07) is 2.07. The number of hydrogen-bond acceptors (Lipinski definition) is 4. The Bertz CT molecular complexity index is 262. The molecule has 0 bridgehead atoms. The van der Waals surface area contributed by atoms with Crippen molar-refractivity contribution in [1.82, 2.24) is 9.97 Å².